The van der Waals surface area contributed by atoms with Crippen LogP contribution in [0.1, 0.15) is 24.1 Å². The molecule has 0 amide bonds. The smallest absolute Gasteiger partial charge is 0.137 e. The first-order chi connectivity index (χ1) is 9.52. The molecule has 2 rings (SSSR count). The first-order valence-corrected chi connectivity index (χ1v) is 7.33. The summed E-state index contributed by atoms with van der Waals surface area (Å²) in [7, 11) is 0. The van der Waals surface area contributed by atoms with E-state index in [-0.39, 0.29) is 17.7 Å². The van der Waals surface area contributed by atoms with Crippen LogP contribution in [0.15, 0.2) is 40.9 Å². The van der Waals surface area contributed by atoms with Crippen molar-refractivity contribution in [2.24, 2.45) is 0 Å². The molecule has 0 aliphatic heterocycles. The summed E-state index contributed by atoms with van der Waals surface area (Å²) in [5.41, 5.74) is 1.44. The molecule has 0 aliphatic rings. The highest BCUT2D eigenvalue weighted by Crippen LogP contribution is 2.31. The SMILES string of the molecule is CCNC(c1ccc(F)c(Br)c1)c1cc(F)ccc1Cl. The summed E-state index contributed by atoms with van der Waals surface area (Å²) in [5, 5.41) is 3.71. The second kappa shape index (κ2) is 6.66. The zero-order valence-electron chi connectivity index (χ0n) is 10.8. The molecule has 5 heteroatoms. The van der Waals surface area contributed by atoms with E-state index >= 15 is 0 Å². The molecular formula is C15H13BrClF2N. The van der Waals surface area contributed by atoms with Crippen molar-refractivity contribution in [3.63, 3.8) is 0 Å². The van der Waals surface area contributed by atoms with Gasteiger partial charge in [-0.1, -0.05) is 24.6 Å². The summed E-state index contributed by atoms with van der Waals surface area (Å²) in [6.45, 7) is 2.62. The quantitative estimate of drug-likeness (QED) is 0.802. The van der Waals surface area contributed by atoms with Gasteiger partial charge in [0.25, 0.3) is 0 Å². The van der Waals surface area contributed by atoms with Crippen molar-refractivity contribution in [1.82, 2.24) is 5.32 Å². The van der Waals surface area contributed by atoms with Crippen LogP contribution in [-0.4, -0.2) is 6.54 Å². The van der Waals surface area contributed by atoms with Gasteiger partial charge < -0.3 is 5.32 Å². The van der Waals surface area contributed by atoms with Crippen molar-refractivity contribution < 1.29 is 8.78 Å². The normalized spacial score (nSPS) is 12.4. The number of benzene rings is 2. The Labute approximate surface area is 130 Å². The molecule has 0 radical (unpaired) electrons. The largest absolute Gasteiger partial charge is 0.306 e. The highest BCUT2D eigenvalue weighted by Gasteiger charge is 2.18. The van der Waals surface area contributed by atoms with Gasteiger partial charge in [-0.05, 0) is 63.9 Å². The first kappa shape index (κ1) is 15.4. The zero-order valence-corrected chi connectivity index (χ0v) is 13.1. The number of halogens is 4. The molecule has 0 spiro atoms. The monoisotopic (exact) mass is 359 g/mol. The van der Waals surface area contributed by atoms with Crippen LogP contribution in [0, 0.1) is 11.6 Å². The predicted molar refractivity (Wildman–Crippen MR) is 81.0 cm³/mol. The Morgan fingerprint density at radius 2 is 1.95 bits per heavy atom. The molecule has 2 aromatic rings. The van der Waals surface area contributed by atoms with E-state index in [4.69, 9.17) is 11.6 Å². The van der Waals surface area contributed by atoms with E-state index in [9.17, 15) is 8.78 Å². The Balaban J connectivity index is 2.49. The van der Waals surface area contributed by atoms with Crippen LogP contribution < -0.4 is 5.32 Å². The standard InChI is InChI=1S/C15H13BrClF2N/c1-2-20-15(9-3-6-14(19)12(16)7-9)11-8-10(18)4-5-13(11)17/h3-8,15,20H,2H2,1H3. The topological polar surface area (TPSA) is 12.0 Å². The Bertz CT molecular complexity index is 619. The minimum absolute atomic E-state index is 0.292. The van der Waals surface area contributed by atoms with E-state index < -0.39 is 0 Å². The lowest BCUT2D eigenvalue weighted by atomic mass is 9.98. The highest BCUT2D eigenvalue weighted by molar-refractivity contribution is 9.10. The van der Waals surface area contributed by atoms with Gasteiger partial charge >= 0.3 is 0 Å². The van der Waals surface area contributed by atoms with E-state index in [0.717, 1.165) is 5.56 Å². The summed E-state index contributed by atoms with van der Waals surface area (Å²) in [6, 6.07) is 8.65. The number of hydrogen-bond donors (Lipinski definition) is 1. The van der Waals surface area contributed by atoms with Gasteiger partial charge in [-0.3, -0.25) is 0 Å². The predicted octanol–water partition coefficient (Wildman–Crippen LogP) is 5.08. The van der Waals surface area contributed by atoms with Gasteiger partial charge in [-0.25, -0.2) is 8.78 Å². The Hall–Kier alpha value is -0.970. The first-order valence-electron chi connectivity index (χ1n) is 6.16. The van der Waals surface area contributed by atoms with Gasteiger partial charge in [-0.15, -0.1) is 0 Å². The molecule has 106 valence electrons. The second-order valence-electron chi connectivity index (χ2n) is 4.33. The van der Waals surface area contributed by atoms with Crippen molar-refractivity contribution in [2.45, 2.75) is 13.0 Å². The van der Waals surface area contributed by atoms with Gasteiger partial charge in [0.15, 0.2) is 0 Å². The summed E-state index contributed by atoms with van der Waals surface area (Å²) in [4.78, 5) is 0. The summed E-state index contributed by atoms with van der Waals surface area (Å²) in [6.07, 6.45) is 0. The molecule has 0 heterocycles. The molecule has 1 unspecified atom stereocenters. The molecular weight excluding hydrogens is 348 g/mol. The molecule has 1 N–H and O–H groups in total. The van der Waals surface area contributed by atoms with Crippen molar-refractivity contribution in [1.29, 1.82) is 0 Å². The Kier molecular flexibility index (Phi) is 5.13. The Morgan fingerprint density at radius 1 is 1.20 bits per heavy atom. The average molecular weight is 361 g/mol. The minimum Gasteiger partial charge on any atom is -0.306 e. The molecule has 1 nitrogen and oxygen atoms in total. The highest BCUT2D eigenvalue weighted by atomic mass is 79.9. The van der Waals surface area contributed by atoms with Crippen LogP contribution in [0.2, 0.25) is 5.02 Å². The van der Waals surface area contributed by atoms with Gasteiger partial charge in [0.05, 0.1) is 10.5 Å². The van der Waals surface area contributed by atoms with Crippen LogP contribution in [-0.2, 0) is 0 Å². The van der Waals surface area contributed by atoms with Crippen molar-refractivity contribution in [3.8, 4) is 0 Å². The number of nitrogens with one attached hydrogen (secondary N) is 1. The summed E-state index contributed by atoms with van der Waals surface area (Å²) < 4.78 is 27.2. The maximum atomic E-state index is 13.5. The fourth-order valence-corrected chi connectivity index (χ4v) is 2.66. The van der Waals surface area contributed by atoms with Gasteiger partial charge in [0, 0.05) is 5.02 Å². The molecule has 0 fully saturated rings. The molecule has 0 saturated heterocycles. The minimum atomic E-state index is -0.353. The van der Waals surface area contributed by atoms with E-state index in [1.54, 1.807) is 12.1 Å². The van der Waals surface area contributed by atoms with Gasteiger partial charge in [0.2, 0.25) is 0 Å². The van der Waals surface area contributed by atoms with Crippen molar-refractivity contribution in [2.75, 3.05) is 6.54 Å². The molecule has 1 atom stereocenters. The van der Waals surface area contributed by atoms with E-state index in [1.807, 2.05) is 6.92 Å². The van der Waals surface area contributed by atoms with Crippen LogP contribution in [0.25, 0.3) is 0 Å². The summed E-state index contributed by atoms with van der Waals surface area (Å²) >= 11 is 9.32. The third-order valence-electron chi connectivity index (χ3n) is 2.95. The van der Waals surface area contributed by atoms with E-state index in [1.165, 1.54) is 24.3 Å². The zero-order chi connectivity index (χ0) is 14.7. The molecule has 2 aromatic carbocycles. The summed E-state index contributed by atoms with van der Waals surface area (Å²) in [5.74, 6) is -0.692. The third kappa shape index (κ3) is 3.37. The maximum Gasteiger partial charge on any atom is 0.137 e. The third-order valence-corrected chi connectivity index (χ3v) is 3.91. The van der Waals surface area contributed by atoms with Crippen LogP contribution >= 0.6 is 27.5 Å². The number of hydrogen-bond acceptors (Lipinski definition) is 1. The molecule has 0 aromatic heterocycles. The van der Waals surface area contributed by atoms with Crippen molar-refractivity contribution >= 4 is 27.5 Å². The average Bonchev–Trinajstić information content (AvgIpc) is 2.42. The maximum absolute atomic E-state index is 13.5. The van der Waals surface area contributed by atoms with E-state index in [0.29, 0.717) is 21.6 Å². The fourth-order valence-electron chi connectivity index (χ4n) is 2.04. The van der Waals surface area contributed by atoms with Crippen LogP contribution in [0.4, 0.5) is 8.78 Å². The van der Waals surface area contributed by atoms with Crippen LogP contribution in [0.5, 0.6) is 0 Å². The van der Waals surface area contributed by atoms with Gasteiger partial charge in [0.1, 0.15) is 11.6 Å². The van der Waals surface area contributed by atoms with E-state index in [2.05, 4.69) is 21.2 Å². The lowest BCUT2D eigenvalue weighted by molar-refractivity contribution is 0.597. The molecule has 0 aliphatic carbocycles. The second-order valence-corrected chi connectivity index (χ2v) is 5.59. The fraction of sp³-hybridized carbons (Fsp3) is 0.200. The molecule has 20 heavy (non-hydrogen) atoms. The lowest BCUT2D eigenvalue weighted by Gasteiger charge is -2.20. The molecule has 0 saturated carbocycles. The molecule has 0 bridgehead atoms. The van der Waals surface area contributed by atoms with Crippen LogP contribution in [0.3, 0.4) is 0 Å². The lowest BCUT2D eigenvalue weighted by Crippen LogP contribution is -2.22. The Morgan fingerprint density at radius 3 is 2.60 bits per heavy atom. The van der Waals surface area contributed by atoms with Crippen molar-refractivity contribution in [3.05, 3.63) is 68.7 Å². The number of rotatable bonds is 4. The van der Waals surface area contributed by atoms with Gasteiger partial charge in [-0.2, -0.15) is 0 Å².